The molecule has 3 aliphatic rings. The first kappa shape index (κ1) is 51.9. The third-order valence-corrected chi connectivity index (χ3v) is 14.7. The minimum Gasteiger partial charge on any atom is -0.375 e. The minimum absolute atomic E-state index is 0.0603. The molecule has 7 heterocycles. The highest BCUT2D eigenvalue weighted by atomic mass is 35.5. The van der Waals surface area contributed by atoms with E-state index in [1.165, 1.54) is 0 Å². The lowest BCUT2D eigenvalue weighted by atomic mass is 9.70. The van der Waals surface area contributed by atoms with Crippen molar-refractivity contribution in [1.29, 1.82) is 0 Å². The number of hydrogen-bond donors (Lipinski definition) is 1. The largest absolute Gasteiger partial charge is 0.424 e. The van der Waals surface area contributed by atoms with Crippen LogP contribution < -0.4 is 23.6 Å². The van der Waals surface area contributed by atoms with Crippen molar-refractivity contribution in [1.82, 2.24) is 5.32 Å². The first-order chi connectivity index (χ1) is 34.3. The van der Waals surface area contributed by atoms with Gasteiger partial charge in [-0.1, -0.05) is 19.3 Å². The second-order valence-electron chi connectivity index (χ2n) is 20.6. The fourth-order valence-electron chi connectivity index (χ4n) is 11.0. The average molecular weight is 1040 g/mol. The number of alkyl halides is 7. The molecule has 1 amide bonds. The molecule has 18 heteroatoms. The molecule has 384 valence electrons. The average Bonchev–Trinajstić information content (AvgIpc) is 3.76. The number of aryl methyl sites for hydroxylation is 2. The van der Waals surface area contributed by atoms with Crippen molar-refractivity contribution >= 4 is 17.5 Å². The maximum absolute atomic E-state index is 16.8. The second-order valence-corrected chi connectivity index (χ2v) is 21.0. The lowest BCUT2D eigenvalue weighted by Gasteiger charge is -2.35. The van der Waals surface area contributed by atoms with Crippen LogP contribution in [0.3, 0.4) is 0 Å². The van der Waals surface area contributed by atoms with Gasteiger partial charge in [0.1, 0.15) is 34.4 Å². The van der Waals surface area contributed by atoms with Gasteiger partial charge in [0.2, 0.25) is 17.3 Å². The van der Waals surface area contributed by atoms with Gasteiger partial charge in [-0.2, -0.15) is 35.5 Å². The van der Waals surface area contributed by atoms with Crippen molar-refractivity contribution in [3.05, 3.63) is 154 Å². The van der Waals surface area contributed by atoms with Crippen molar-refractivity contribution in [3.63, 3.8) is 0 Å². The lowest BCUT2D eigenvalue weighted by molar-refractivity contribution is -0.976. The van der Waals surface area contributed by atoms with E-state index in [-0.39, 0.29) is 46.9 Å². The first-order valence-electron chi connectivity index (χ1n) is 24.2. The van der Waals surface area contributed by atoms with Crippen molar-refractivity contribution in [3.8, 4) is 33.9 Å². The van der Waals surface area contributed by atoms with E-state index in [9.17, 15) is 31.1 Å². The quantitative estimate of drug-likeness (QED) is 0.0482. The summed E-state index contributed by atoms with van der Waals surface area (Å²) in [6, 6.07) is 11.4. The number of nitrogens with zero attached hydrogens (tertiary/aromatic N) is 4. The summed E-state index contributed by atoms with van der Waals surface area (Å²) >= 11 is 5.81. The number of pyridine rings is 4. The summed E-state index contributed by atoms with van der Waals surface area (Å²) in [6.45, 7) is 10.1. The number of amides is 1. The van der Waals surface area contributed by atoms with Gasteiger partial charge in [0.05, 0.1) is 27.9 Å². The molecule has 6 aromatic rings. The van der Waals surface area contributed by atoms with Crippen LogP contribution in [0.25, 0.3) is 33.9 Å². The summed E-state index contributed by atoms with van der Waals surface area (Å²) in [7, 11) is 0. The Bertz CT molecular complexity index is 3160. The molecule has 0 saturated heterocycles. The third-order valence-electron chi connectivity index (χ3n) is 14.4. The van der Waals surface area contributed by atoms with Crippen LogP contribution in [0.15, 0.2) is 97.6 Å². The standard InChI is InChI=1S/C55H53ClF10N5O2/c1-32-16-21-68-44(24-32)45-25-33(10-15-46(72)67-51(2,3)19-23-73-52(4,5)18-8-6-7-9-20-56)17-22-69(45)50(68)49-53(38-26-36(57)28-40(59)47(38)42-13-11-34(30-70(42)49)54(61,62)63)39-27-37(58)29-41(60)48(39)43-14-12-35(31-71(43)53)55(64,65)66/h11-14,16-17,21-22,24-31,49-50H,6-10,15,18-20,23H2,1-5H3/q+3/p+1/t49?,50?,53-/m0/s1. The summed E-state index contributed by atoms with van der Waals surface area (Å²) in [5.41, 5.74) is -5.77. The van der Waals surface area contributed by atoms with Crippen LogP contribution in [0.4, 0.5) is 43.9 Å². The van der Waals surface area contributed by atoms with E-state index in [4.69, 9.17) is 16.3 Å². The number of halogens is 11. The summed E-state index contributed by atoms with van der Waals surface area (Å²) in [5.74, 6) is -4.49. The van der Waals surface area contributed by atoms with Gasteiger partial charge in [-0.15, -0.1) is 20.7 Å². The molecule has 2 unspecified atom stereocenters. The minimum atomic E-state index is -5.05. The van der Waals surface area contributed by atoms with Gasteiger partial charge in [0.15, 0.2) is 24.8 Å². The number of nitrogens with one attached hydrogen (secondary N) is 1. The molecule has 0 radical (unpaired) electrons. The van der Waals surface area contributed by atoms with E-state index >= 15 is 17.6 Å². The maximum atomic E-state index is 16.8. The lowest BCUT2D eigenvalue weighted by Crippen LogP contribution is -2.75. The Morgan fingerprint density at radius 3 is 1.88 bits per heavy atom. The van der Waals surface area contributed by atoms with Crippen LogP contribution in [0.2, 0.25) is 0 Å². The van der Waals surface area contributed by atoms with Crippen LogP contribution in [-0.4, -0.2) is 29.5 Å². The number of rotatable bonds is 15. The van der Waals surface area contributed by atoms with Crippen molar-refractivity contribution < 1.29 is 71.7 Å². The fourth-order valence-corrected chi connectivity index (χ4v) is 11.2. The number of unbranched alkanes of at least 4 members (excludes halogenated alkanes) is 3. The Morgan fingerprint density at radius 1 is 0.671 bits per heavy atom. The number of fused-ring (bicyclic) bond motifs is 12. The van der Waals surface area contributed by atoms with E-state index in [2.05, 4.69) is 5.32 Å². The Kier molecular flexibility index (Phi) is 13.6. The van der Waals surface area contributed by atoms with Gasteiger partial charge in [0, 0.05) is 73.0 Å². The molecular formula is C55H54ClF10N5O2+4. The number of ether oxygens (including phenoxy) is 1. The third kappa shape index (κ3) is 9.60. The van der Waals surface area contributed by atoms with Crippen LogP contribution in [-0.2, 0) is 33.8 Å². The number of carbonyl (C=O) groups excluding carboxylic acids is 1. The highest BCUT2D eigenvalue weighted by Gasteiger charge is 2.76. The molecular weight excluding hydrogens is 988 g/mol. The Labute approximate surface area is 421 Å². The van der Waals surface area contributed by atoms with Gasteiger partial charge in [0.25, 0.3) is 16.9 Å². The molecule has 0 fully saturated rings. The van der Waals surface area contributed by atoms with E-state index in [1.807, 2.05) is 27.7 Å². The van der Waals surface area contributed by atoms with Crippen LogP contribution >= 0.6 is 11.6 Å². The van der Waals surface area contributed by atoms with Gasteiger partial charge in [-0.05, 0) is 95.7 Å². The molecule has 0 saturated carbocycles. The van der Waals surface area contributed by atoms with Gasteiger partial charge in [-0.3, -0.25) is 4.79 Å². The summed E-state index contributed by atoms with van der Waals surface area (Å²) in [4.78, 5) is 13.6. The monoisotopic (exact) mass is 1040 g/mol. The molecule has 1 spiro atoms. The number of aromatic nitrogens is 4. The zero-order valence-electron chi connectivity index (χ0n) is 40.7. The van der Waals surface area contributed by atoms with Crippen LogP contribution in [0.1, 0.15) is 118 Å². The molecule has 1 N–H and O–H groups in total. The molecule has 7 nitrogen and oxygen atoms in total. The molecule has 3 aliphatic heterocycles. The Hall–Kier alpha value is -5.94. The molecule has 0 bridgehead atoms. The highest BCUT2D eigenvalue weighted by Crippen LogP contribution is 2.56. The van der Waals surface area contributed by atoms with E-state index in [0.29, 0.717) is 72.5 Å². The molecule has 0 aliphatic carbocycles. The molecule has 2 aromatic carbocycles. The zero-order chi connectivity index (χ0) is 52.6. The van der Waals surface area contributed by atoms with Gasteiger partial charge < -0.3 is 10.1 Å². The maximum Gasteiger partial charge on any atom is 0.424 e. The van der Waals surface area contributed by atoms with E-state index < -0.39 is 81.2 Å². The number of hydrogen-bond acceptors (Lipinski definition) is 2. The van der Waals surface area contributed by atoms with E-state index in [1.54, 1.807) is 52.7 Å². The molecule has 3 atom stereocenters. The van der Waals surface area contributed by atoms with E-state index in [0.717, 1.165) is 71.1 Å². The van der Waals surface area contributed by atoms with Crippen molar-refractivity contribution in [2.24, 2.45) is 0 Å². The predicted octanol–water partition coefficient (Wildman–Crippen LogP) is 11.7. The van der Waals surface area contributed by atoms with Crippen molar-refractivity contribution in [2.75, 3.05) is 12.5 Å². The van der Waals surface area contributed by atoms with Crippen LogP contribution in [0.5, 0.6) is 0 Å². The Balaban J connectivity index is 1.16. The number of benzene rings is 2. The van der Waals surface area contributed by atoms with Gasteiger partial charge in [-0.25, -0.2) is 17.6 Å². The first-order valence-corrected chi connectivity index (χ1v) is 24.7. The van der Waals surface area contributed by atoms with Crippen LogP contribution in [0, 0.1) is 30.2 Å². The highest BCUT2D eigenvalue weighted by molar-refractivity contribution is 6.17. The van der Waals surface area contributed by atoms with Gasteiger partial charge >= 0.3 is 24.6 Å². The Morgan fingerprint density at radius 2 is 1.25 bits per heavy atom. The molecule has 9 rings (SSSR count). The predicted molar refractivity (Wildman–Crippen MR) is 250 cm³/mol. The topological polar surface area (TPSA) is 53.9 Å². The molecule has 4 aromatic heterocycles. The summed E-state index contributed by atoms with van der Waals surface area (Å²) < 4.78 is 167. The molecule has 73 heavy (non-hydrogen) atoms. The summed E-state index contributed by atoms with van der Waals surface area (Å²) in [6.07, 6.45) is -0.960. The smallest absolute Gasteiger partial charge is 0.375 e. The second kappa shape index (κ2) is 19.1. The number of carbonyl (C=O) groups is 1. The van der Waals surface area contributed by atoms with Crippen molar-refractivity contribution in [2.45, 2.75) is 127 Å². The zero-order valence-corrected chi connectivity index (χ0v) is 41.5. The summed E-state index contributed by atoms with van der Waals surface area (Å²) in [5, 5.41) is 3.11. The normalized spacial score (nSPS) is 17.8. The SMILES string of the molecule is Cc1cc[n+]2c(c1)-c1cc(CCC(=O)NC(C)(C)CCOC(C)(C)CCCCCCCl)cc[n+]1C2C1[n+]2cc(C(F)(F)F)ccc2-c2c(F)cc(F)cc2[C@]12c1cc(F)cc(F)c1-c1ccc(C(F)(F)F)c[n+]12. The fraction of sp³-hybridized carbons (Fsp3) is 0.400.